The molecule has 2 aliphatic rings. The van der Waals surface area contributed by atoms with Gasteiger partial charge in [-0.1, -0.05) is 0 Å². The molecule has 1 atom stereocenters. The van der Waals surface area contributed by atoms with Crippen LogP contribution in [0.3, 0.4) is 0 Å². The van der Waals surface area contributed by atoms with Gasteiger partial charge in [-0.05, 0) is 12.5 Å². The smallest absolute Gasteiger partial charge is 0.326 e. The third-order valence-corrected chi connectivity index (χ3v) is 4.94. The van der Waals surface area contributed by atoms with Crippen molar-refractivity contribution < 1.29 is 23.6 Å². The summed E-state index contributed by atoms with van der Waals surface area (Å²) in [5.74, 6) is -0.667. The first-order valence-corrected chi connectivity index (χ1v) is 8.53. The van der Waals surface area contributed by atoms with Gasteiger partial charge in [0.2, 0.25) is 5.91 Å². The van der Waals surface area contributed by atoms with Crippen LogP contribution in [0.25, 0.3) is 0 Å². The zero-order valence-electron chi connectivity index (χ0n) is 14.9. The van der Waals surface area contributed by atoms with Gasteiger partial charge >= 0.3 is 6.03 Å². The Hall–Kier alpha value is -2.84. The average Bonchev–Trinajstić information content (AvgIpc) is 3.13. The van der Waals surface area contributed by atoms with Crippen LogP contribution >= 0.6 is 0 Å². The van der Waals surface area contributed by atoms with E-state index in [0.717, 1.165) is 4.90 Å². The number of carbonyl (C=O) groups is 4. The third-order valence-electron chi connectivity index (χ3n) is 4.94. The van der Waals surface area contributed by atoms with Gasteiger partial charge in [0.15, 0.2) is 0 Å². The van der Waals surface area contributed by atoms with Gasteiger partial charge in [-0.3, -0.25) is 19.3 Å². The summed E-state index contributed by atoms with van der Waals surface area (Å²) in [7, 11) is 2.94. The molecule has 140 valence electrons. The molecule has 0 N–H and O–H groups in total. The Morgan fingerprint density at radius 1 is 1.12 bits per heavy atom. The summed E-state index contributed by atoms with van der Waals surface area (Å²) in [5.41, 5.74) is 0.490. The Labute approximate surface area is 151 Å². The monoisotopic (exact) mass is 362 g/mol. The molecule has 26 heavy (non-hydrogen) atoms. The number of nitrogens with zero attached hydrogens (tertiary/aromatic N) is 4. The molecule has 0 aliphatic carbocycles. The van der Waals surface area contributed by atoms with Crippen molar-refractivity contribution in [2.45, 2.75) is 18.9 Å². The predicted molar refractivity (Wildman–Crippen MR) is 90.1 cm³/mol. The van der Waals surface area contributed by atoms with Gasteiger partial charge < -0.3 is 19.1 Å². The maximum absolute atomic E-state index is 12.6. The molecule has 3 heterocycles. The molecule has 0 bridgehead atoms. The van der Waals surface area contributed by atoms with Gasteiger partial charge in [-0.15, -0.1) is 0 Å². The van der Waals surface area contributed by atoms with E-state index in [1.807, 2.05) is 0 Å². The number of rotatable bonds is 3. The minimum atomic E-state index is -0.757. The molecule has 9 heteroatoms. The number of likely N-dealkylation sites (N-methyl/N-ethyl adjacent to an activating group) is 2. The van der Waals surface area contributed by atoms with E-state index in [2.05, 4.69) is 0 Å². The molecule has 0 unspecified atom stereocenters. The van der Waals surface area contributed by atoms with E-state index in [4.69, 9.17) is 4.42 Å². The van der Waals surface area contributed by atoms with Gasteiger partial charge in [0.1, 0.15) is 12.3 Å². The zero-order chi connectivity index (χ0) is 18.8. The lowest BCUT2D eigenvalue weighted by Crippen LogP contribution is -2.41. The van der Waals surface area contributed by atoms with Crippen molar-refractivity contribution in [3.8, 4) is 0 Å². The van der Waals surface area contributed by atoms with Crippen molar-refractivity contribution in [3.05, 3.63) is 24.2 Å². The largest absolute Gasteiger partial charge is 0.472 e. The number of urea groups is 1. The maximum Gasteiger partial charge on any atom is 0.326 e. The van der Waals surface area contributed by atoms with Crippen LogP contribution in [0.5, 0.6) is 0 Å². The van der Waals surface area contributed by atoms with E-state index in [1.54, 1.807) is 15.9 Å². The van der Waals surface area contributed by atoms with Gasteiger partial charge in [0, 0.05) is 40.3 Å². The summed E-state index contributed by atoms with van der Waals surface area (Å²) >= 11 is 0. The minimum absolute atomic E-state index is 0.0406. The first-order chi connectivity index (χ1) is 12.4. The molecule has 1 aromatic heterocycles. The Morgan fingerprint density at radius 2 is 1.81 bits per heavy atom. The number of imide groups is 1. The van der Waals surface area contributed by atoms with Gasteiger partial charge in [-0.2, -0.15) is 0 Å². The average molecular weight is 362 g/mol. The first kappa shape index (κ1) is 18.0. The number of carbonyl (C=O) groups excluding carboxylic acids is 4. The van der Waals surface area contributed by atoms with Crippen molar-refractivity contribution in [3.63, 3.8) is 0 Å². The molecule has 0 saturated carbocycles. The van der Waals surface area contributed by atoms with Gasteiger partial charge in [-0.25, -0.2) is 4.79 Å². The fourth-order valence-corrected chi connectivity index (χ4v) is 3.31. The summed E-state index contributed by atoms with van der Waals surface area (Å²) < 4.78 is 4.95. The minimum Gasteiger partial charge on any atom is -0.472 e. The van der Waals surface area contributed by atoms with Gasteiger partial charge in [0.25, 0.3) is 11.8 Å². The maximum atomic E-state index is 12.6. The molecule has 9 nitrogen and oxygen atoms in total. The van der Waals surface area contributed by atoms with Crippen LogP contribution in [0.1, 0.15) is 23.2 Å². The summed E-state index contributed by atoms with van der Waals surface area (Å²) in [4.78, 5) is 54.6. The molecule has 0 radical (unpaired) electrons. The lowest BCUT2D eigenvalue weighted by atomic mass is 10.1. The molecule has 0 aromatic carbocycles. The summed E-state index contributed by atoms with van der Waals surface area (Å²) in [6.45, 7) is 1.89. The lowest BCUT2D eigenvalue weighted by molar-refractivity contribution is -0.136. The normalized spacial score (nSPS) is 21.4. The second-order valence-electron chi connectivity index (χ2n) is 6.55. The molecule has 3 rings (SSSR count). The molecule has 2 fully saturated rings. The second kappa shape index (κ2) is 7.19. The molecule has 2 aliphatic heterocycles. The topological polar surface area (TPSA) is 94.4 Å². The number of furan rings is 1. The fourth-order valence-electron chi connectivity index (χ4n) is 3.31. The second-order valence-corrected chi connectivity index (χ2v) is 6.55. The molecule has 1 aromatic rings. The Kier molecular flexibility index (Phi) is 4.97. The van der Waals surface area contributed by atoms with Crippen molar-refractivity contribution in [2.75, 3.05) is 40.3 Å². The Balaban J connectivity index is 1.59. The number of hydrogen-bond donors (Lipinski definition) is 0. The summed E-state index contributed by atoms with van der Waals surface area (Å²) in [6.07, 6.45) is 3.48. The number of hydrogen-bond acceptors (Lipinski definition) is 5. The van der Waals surface area contributed by atoms with Crippen molar-refractivity contribution in [2.24, 2.45) is 0 Å². The first-order valence-electron chi connectivity index (χ1n) is 8.53. The highest BCUT2D eigenvalue weighted by Crippen LogP contribution is 2.18. The standard InChI is InChI=1S/C17H22N4O5/c1-18-13(16(24)19(2)17(18)25)10-14(22)20-5-3-6-21(8-7-20)15(23)12-4-9-26-11-12/h4,9,11,13H,3,5-8,10H2,1-2H3/t13-/m1/s1. The van der Waals surface area contributed by atoms with Crippen LogP contribution in [-0.2, 0) is 9.59 Å². The van der Waals surface area contributed by atoms with E-state index in [9.17, 15) is 19.2 Å². The molecule has 2 saturated heterocycles. The van der Waals surface area contributed by atoms with Crippen LogP contribution < -0.4 is 0 Å². The van der Waals surface area contributed by atoms with E-state index < -0.39 is 12.1 Å². The quantitative estimate of drug-likeness (QED) is 0.718. The summed E-state index contributed by atoms with van der Waals surface area (Å²) in [6, 6.07) is 0.457. The molecule has 5 amide bonds. The molecule has 0 spiro atoms. The van der Waals surface area contributed by atoms with Gasteiger partial charge in [0.05, 0.1) is 18.2 Å². The Morgan fingerprint density at radius 3 is 2.42 bits per heavy atom. The van der Waals surface area contributed by atoms with E-state index >= 15 is 0 Å². The van der Waals surface area contributed by atoms with Crippen LogP contribution in [0.15, 0.2) is 23.0 Å². The highest BCUT2D eigenvalue weighted by Gasteiger charge is 2.42. The van der Waals surface area contributed by atoms with Crippen LogP contribution in [-0.4, -0.2) is 89.7 Å². The Bertz CT molecular complexity index is 717. The predicted octanol–water partition coefficient (Wildman–Crippen LogP) is 0.237. The number of amides is 5. The molecular weight excluding hydrogens is 340 g/mol. The summed E-state index contributed by atoms with van der Waals surface area (Å²) in [5, 5.41) is 0. The van der Waals surface area contributed by atoms with Crippen molar-refractivity contribution >= 4 is 23.8 Å². The third kappa shape index (κ3) is 3.29. The van der Waals surface area contributed by atoms with E-state index in [1.165, 1.54) is 31.5 Å². The van der Waals surface area contributed by atoms with Crippen molar-refractivity contribution in [1.82, 2.24) is 19.6 Å². The van der Waals surface area contributed by atoms with E-state index in [-0.39, 0.29) is 24.1 Å². The highest BCUT2D eigenvalue weighted by atomic mass is 16.3. The lowest BCUT2D eigenvalue weighted by Gasteiger charge is -2.24. The fraction of sp³-hybridized carbons (Fsp3) is 0.529. The highest BCUT2D eigenvalue weighted by molar-refractivity contribution is 6.05. The molecular formula is C17H22N4O5. The zero-order valence-corrected chi connectivity index (χ0v) is 14.9. The SMILES string of the molecule is CN1C(=O)[C@@H](CC(=O)N2CCCN(C(=O)c3ccoc3)CC2)N(C)C1=O. The van der Waals surface area contributed by atoms with Crippen LogP contribution in [0.4, 0.5) is 4.79 Å². The van der Waals surface area contributed by atoms with Crippen LogP contribution in [0.2, 0.25) is 0 Å². The van der Waals surface area contributed by atoms with Crippen molar-refractivity contribution in [1.29, 1.82) is 0 Å². The van der Waals surface area contributed by atoms with E-state index in [0.29, 0.717) is 38.2 Å². The van der Waals surface area contributed by atoms with Crippen LogP contribution in [0, 0.1) is 0 Å².